The van der Waals surface area contributed by atoms with Gasteiger partial charge in [0.2, 0.25) is 5.91 Å². The molecule has 5 rings (SSSR count). The number of nitrogens with one attached hydrogen (secondary N) is 2. The van der Waals surface area contributed by atoms with Crippen LogP contribution in [-0.4, -0.2) is 43.8 Å². The number of hydrogen-bond donors (Lipinski definition) is 2. The Balaban J connectivity index is 1.41. The minimum Gasteiger partial charge on any atom is -0.387 e. The van der Waals surface area contributed by atoms with Crippen LogP contribution < -0.4 is 10.6 Å². The number of rotatable bonds is 5. The van der Waals surface area contributed by atoms with Crippen molar-refractivity contribution in [3.8, 4) is 28.0 Å². The third-order valence-corrected chi connectivity index (χ3v) is 6.75. The van der Waals surface area contributed by atoms with Gasteiger partial charge in [-0.3, -0.25) is 9.78 Å². The Kier molecular flexibility index (Phi) is 5.03. The summed E-state index contributed by atoms with van der Waals surface area (Å²) in [6, 6.07) is 9.96. The quantitative estimate of drug-likeness (QED) is 0.485. The van der Waals surface area contributed by atoms with Crippen LogP contribution in [0.15, 0.2) is 36.7 Å². The molecule has 0 spiro atoms. The van der Waals surface area contributed by atoms with Crippen molar-refractivity contribution in [2.75, 3.05) is 12.4 Å². The topological polar surface area (TPSA) is 121 Å². The molecule has 1 amide bonds. The normalized spacial score (nSPS) is 17.5. The first kappa shape index (κ1) is 20.1. The van der Waals surface area contributed by atoms with Crippen molar-refractivity contribution in [3.05, 3.63) is 47.2 Å². The van der Waals surface area contributed by atoms with Crippen LogP contribution in [0.25, 0.3) is 27.5 Å². The molecular weight excluding hydrogens is 424 g/mol. The van der Waals surface area contributed by atoms with E-state index in [-0.39, 0.29) is 11.9 Å². The minimum absolute atomic E-state index is 0.00713. The fourth-order valence-corrected chi connectivity index (χ4v) is 4.95. The highest BCUT2D eigenvalue weighted by molar-refractivity contribution is 7.14. The molecule has 9 nitrogen and oxygen atoms in total. The number of pyridine rings is 1. The van der Waals surface area contributed by atoms with Gasteiger partial charge in [-0.25, -0.2) is 4.52 Å². The molecule has 0 saturated heterocycles. The maximum Gasteiger partial charge on any atom is 0.217 e. The lowest BCUT2D eigenvalue weighted by Crippen LogP contribution is -2.42. The predicted molar refractivity (Wildman–Crippen MR) is 121 cm³/mol. The first-order valence-electron chi connectivity index (χ1n) is 10.2. The first-order chi connectivity index (χ1) is 15.6. The third-order valence-electron chi connectivity index (χ3n) is 5.63. The Morgan fingerprint density at radius 2 is 2.09 bits per heavy atom. The van der Waals surface area contributed by atoms with Crippen molar-refractivity contribution in [1.29, 1.82) is 5.26 Å². The van der Waals surface area contributed by atoms with E-state index in [0.29, 0.717) is 11.5 Å². The van der Waals surface area contributed by atoms with Crippen molar-refractivity contribution >= 4 is 28.4 Å². The second kappa shape index (κ2) is 8.01. The number of fused-ring (bicyclic) bond motifs is 1. The number of aromatic nitrogens is 5. The summed E-state index contributed by atoms with van der Waals surface area (Å²) < 4.78 is 1.77. The van der Waals surface area contributed by atoms with Gasteiger partial charge in [0.25, 0.3) is 0 Å². The minimum atomic E-state index is 0.00713. The summed E-state index contributed by atoms with van der Waals surface area (Å²) in [6.07, 6.45) is 5.14. The molecule has 10 heteroatoms. The number of amides is 1. The first-order valence-corrected chi connectivity index (χ1v) is 11.0. The van der Waals surface area contributed by atoms with Gasteiger partial charge in [-0.05, 0) is 37.1 Å². The standard InChI is InChI=1S/C22H20N8OS/c1-12(31)27-15-6-14(7-15)21-28-29-22(32-21)17-11-25-19(8-18(17)24-2)20-4-3-16-5-13(9-23)10-26-30(16)20/h3-5,8,10-11,14-15H,6-7H2,1-2H3,(H,24,25)(H,27,31). The molecule has 0 unspecified atom stereocenters. The summed E-state index contributed by atoms with van der Waals surface area (Å²) in [4.78, 5) is 15.9. The van der Waals surface area contributed by atoms with E-state index in [9.17, 15) is 4.79 Å². The molecule has 32 heavy (non-hydrogen) atoms. The molecule has 4 aromatic heterocycles. The Bertz CT molecular complexity index is 1360. The molecule has 1 saturated carbocycles. The van der Waals surface area contributed by atoms with Crippen LogP contribution in [0.3, 0.4) is 0 Å². The highest BCUT2D eigenvalue weighted by Crippen LogP contribution is 2.41. The fraction of sp³-hybridized carbons (Fsp3) is 0.273. The third kappa shape index (κ3) is 3.56. The van der Waals surface area contributed by atoms with Crippen LogP contribution >= 0.6 is 11.3 Å². The molecule has 4 heterocycles. The maximum absolute atomic E-state index is 11.2. The van der Waals surface area contributed by atoms with Gasteiger partial charge in [-0.15, -0.1) is 10.2 Å². The van der Waals surface area contributed by atoms with E-state index in [1.807, 2.05) is 25.2 Å². The molecule has 1 aliphatic carbocycles. The highest BCUT2D eigenvalue weighted by Gasteiger charge is 2.33. The Morgan fingerprint density at radius 1 is 1.25 bits per heavy atom. The van der Waals surface area contributed by atoms with E-state index in [0.717, 1.165) is 51.0 Å². The molecule has 0 aromatic carbocycles. The largest absolute Gasteiger partial charge is 0.387 e. The van der Waals surface area contributed by atoms with Crippen LogP contribution in [0, 0.1) is 11.3 Å². The summed E-state index contributed by atoms with van der Waals surface area (Å²) in [5, 5.41) is 30.2. The molecule has 4 aromatic rings. The summed E-state index contributed by atoms with van der Waals surface area (Å²) in [5.41, 5.74) is 4.73. The Labute approximate surface area is 188 Å². The van der Waals surface area contributed by atoms with Gasteiger partial charge < -0.3 is 10.6 Å². The molecule has 0 aliphatic heterocycles. The number of carbonyl (C=O) groups is 1. The van der Waals surface area contributed by atoms with E-state index in [1.54, 1.807) is 41.2 Å². The zero-order chi connectivity index (χ0) is 22.2. The molecule has 1 aliphatic rings. The Hall–Kier alpha value is -3.84. The SMILES string of the molecule is CNc1cc(-c2ccc3cc(C#N)cnn23)ncc1-c1nnc(C2CC(NC(C)=O)C2)s1. The van der Waals surface area contributed by atoms with Crippen LogP contribution in [-0.2, 0) is 4.79 Å². The van der Waals surface area contributed by atoms with Gasteiger partial charge in [0.1, 0.15) is 11.1 Å². The average molecular weight is 445 g/mol. The van der Waals surface area contributed by atoms with Gasteiger partial charge in [-0.1, -0.05) is 11.3 Å². The monoisotopic (exact) mass is 444 g/mol. The zero-order valence-corrected chi connectivity index (χ0v) is 18.3. The number of carbonyl (C=O) groups excluding carboxylic acids is 1. The summed E-state index contributed by atoms with van der Waals surface area (Å²) in [5.74, 6) is 0.340. The lowest BCUT2D eigenvalue weighted by Gasteiger charge is -2.33. The lowest BCUT2D eigenvalue weighted by molar-refractivity contribution is -0.120. The Morgan fingerprint density at radius 3 is 2.84 bits per heavy atom. The van der Waals surface area contributed by atoms with E-state index < -0.39 is 0 Å². The van der Waals surface area contributed by atoms with Crippen molar-refractivity contribution in [3.63, 3.8) is 0 Å². The van der Waals surface area contributed by atoms with E-state index in [4.69, 9.17) is 5.26 Å². The van der Waals surface area contributed by atoms with E-state index in [2.05, 4.69) is 37.0 Å². The summed E-state index contributed by atoms with van der Waals surface area (Å²) >= 11 is 1.57. The molecule has 0 atom stereocenters. The van der Waals surface area contributed by atoms with Crippen LogP contribution in [0.5, 0.6) is 0 Å². The van der Waals surface area contributed by atoms with Gasteiger partial charge in [-0.2, -0.15) is 10.4 Å². The second-order valence-electron chi connectivity index (χ2n) is 7.79. The highest BCUT2D eigenvalue weighted by atomic mass is 32.1. The zero-order valence-electron chi connectivity index (χ0n) is 17.5. The number of hydrogen-bond acceptors (Lipinski definition) is 8. The number of nitriles is 1. The van der Waals surface area contributed by atoms with Crippen LogP contribution in [0.4, 0.5) is 5.69 Å². The van der Waals surface area contributed by atoms with Crippen LogP contribution in [0.2, 0.25) is 0 Å². The van der Waals surface area contributed by atoms with E-state index >= 15 is 0 Å². The molecule has 1 fully saturated rings. The smallest absolute Gasteiger partial charge is 0.217 e. The van der Waals surface area contributed by atoms with Crippen LogP contribution in [0.1, 0.15) is 36.3 Å². The predicted octanol–water partition coefficient (Wildman–Crippen LogP) is 3.21. The average Bonchev–Trinajstić information content (AvgIpc) is 3.42. The fourth-order valence-electron chi connectivity index (χ4n) is 3.96. The van der Waals surface area contributed by atoms with Crippen molar-refractivity contribution in [1.82, 2.24) is 30.1 Å². The number of anilines is 1. The summed E-state index contributed by atoms with van der Waals surface area (Å²) in [6.45, 7) is 1.54. The van der Waals surface area contributed by atoms with Crippen molar-refractivity contribution in [2.45, 2.75) is 31.7 Å². The van der Waals surface area contributed by atoms with Crippen molar-refractivity contribution in [2.24, 2.45) is 0 Å². The van der Waals surface area contributed by atoms with Gasteiger partial charge in [0.05, 0.1) is 34.2 Å². The van der Waals surface area contributed by atoms with Gasteiger partial charge in [0, 0.05) is 37.8 Å². The maximum atomic E-state index is 11.2. The molecule has 160 valence electrons. The lowest BCUT2D eigenvalue weighted by atomic mass is 9.81. The van der Waals surface area contributed by atoms with Gasteiger partial charge >= 0.3 is 0 Å². The van der Waals surface area contributed by atoms with Crippen molar-refractivity contribution < 1.29 is 4.79 Å². The number of nitrogens with zero attached hydrogens (tertiary/aromatic N) is 6. The molecular formula is C22H20N8OS. The van der Waals surface area contributed by atoms with E-state index in [1.165, 1.54) is 0 Å². The summed E-state index contributed by atoms with van der Waals surface area (Å²) in [7, 11) is 1.86. The second-order valence-corrected chi connectivity index (χ2v) is 8.80. The molecule has 0 radical (unpaired) electrons. The molecule has 0 bridgehead atoms. The van der Waals surface area contributed by atoms with Gasteiger partial charge in [0.15, 0.2) is 5.01 Å². The molecule has 2 N–H and O–H groups in total.